The Kier molecular flexibility index (Phi) is 8.04. The summed E-state index contributed by atoms with van der Waals surface area (Å²) in [4.78, 5) is 14.9. The fraction of sp³-hybridized carbons (Fsp3) is 0.579. The zero-order valence-electron chi connectivity index (χ0n) is 14.8. The molecule has 1 unspecified atom stereocenters. The molecule has 0 aliphatic carbocycles. The van der Waals surface area contributed by atoms with E-state index >= 15 is 0 Å². The van der Waals surface area contributed by atoms with Gasteiger partial charge in [0.15, 0.2) is 6.29 Å². The second kappa shape index (κ2) is 10.3. The van der Waals surface area contributed by atoms with Crippen LogP contribution in [0, 0.1) is 5.92 Å². The Morgan fingerprint density at radius 3 is 3.00 bits per heavy atom. The van der Waals surface area contributed by atoms with Crippen molar-refractivity contribution in [3.8, 4) is 0 Å². The van der Waals surface area contributed by atoms with Crippen LogP contribution < -0.4 is 0 Å². The summed E-state index contributed by atoms with van der Waals surface area (Å²) >= 11 is 0. The van der Waals surface area contributed by atoms with Gasteiger partial charge in [-0.05, 0) is 38.3 Å². The van der Waals surface area contributed by atoms with Gasteiger partial charge in [-0.1, -0.05) is 18.2 Å². The molecule has 0 radical (unpaired) electrons. The third kappa shape index (κ3) is 6.23. The molecule has 6 heteroatoms. The highest BCUT2D eigenvalue weighted by Gasteiger charge is 2.37. The largest absolute Gasteiger partial charge is 0.481 e. The number of methoxy groups -OCH3 is 1. The summed E-state index contributed by atoms with van der Waals surface area (Å²) in [7, 11) is 1.67. The van der Waals surface area contributed by atoms with Crippen molar-refractivity contribution in [2.45, 2.75) is 51.1 Å². The van der Waals surface area contributed by atoms with Gasteiger partial charge in [0, 0.05) is 25.6 Å². The van der Waals surface area contributed by atoms with Crippen molar-refractivity contribution in [2.75, 3.05) is 13.7 Å². The normalized spacial score (nSPS) is 25.1. The Labute approximate surface area is 148 Å². The molecule has 1 aromatic rings. The van der Waals surface area contributed by atoms with Crippen molar-refractivity contribution in [3.63, 3.8) is 0 Å². The van der Waals surface area contributed by atoms with E-state index in [-0.39, 0.29) is 30.8 Å². The van der Waals surface area contributed by atoms with Crippen LogP contribution in [0.2, 0.25) is 0 Å². The van der Waals surface area contributed by atoms with Crippen LogP contribution in [-0.4, -0.2) is 42.2 Å². The molecule has 6 nitrogen and oxygen atoms in total. The van der Waals surface area contributed by atoms with E-state index in [1.54, 1.807) is 13.3 Å². The van der Waals surface area contributed by atoms with Crippen LogP contribution in [0.4, 0.5) is 0 Å². The van der Waals surface area contributed by atoms with E-state index in [4.69, 9.17) is 19.3 Å². The molecule has 0 saturated carbocycles. The monoisotopic (exact) mass is 349 g/mol. The summed E-state index contributed by atoms with van der Waals surface area (Å²) in [6.45, 7) is 2.48. The topological polar surface area (TPSA) is 77.9 Å². The number of allylic oxidation sites excluding steroid dienone is 2. The lowest BCUT2D eigenvalue weighted by Gasteiger charge is -2.38. The quantitative estimate of drug-likeness (QED) is 0.544. The first-order chi connectivity index (χ1) is 12.1. The molecular formula is C19H27NO5. The third-order valence-electron chi connectivity index (χ3n) is 4.26. The molecule has 2 heterocycles. The standard InChI is InChI=1S/C19H27NO5/c1-14-24-13-15(9-5-3-4-6-11-17(21)22)18(25-14)19(23-2)16-10-7-8-12-20-16/h3,5,7-8,10,12,14-15,18-19H,4,6,9,11,13H2,1-2H3,(H,21,22)/b5-3-/t14-,15+,18-,19?/m1/s1. The van der Waals surface area contributed by atoms with E-state index in [1.807, 2.05) is 31.2 Å². The molecular weight excluding hydrogens is 322 g/mol. The second-order valence-electron chi connectivity index (χ2n) is 6.17. The highest BCUT2D eigenvalue weighted by atomic mass is 16.7. The number of aromatic nitrogens is 1. The summed E-state index contributed by atoms with van der Waals surface area (Å²) < 4.78 is 17.4. The van der Waals surface area contributed by atoms with E-state index in [0.29, 0.717) is 13.0 Å². The zero-order valence-corrected chi connectivity index (χ0v) is 14.8. The van der Waals surface area contributed by atoms with E-state index in [9.17, 15) is 4.79 Å². The molecule has 4 atom stereocenters. The zero-order chi connectivity index (χ0) is 18.1. The van der Waals surface area contributed by atoms with Gasteiger partial charge in [0.1, 0.15) is 6.10 Å². The van der Waals surface area contributed by atoms with Crippen LogP contribution >= 0.6 is 0 Å². The van der Waals surface area contributed by atoms with Crippen LogP contribution in [0.15, 0.2) is 36.5 Å². The molecule has 2 rings (SSSR count). The van der Waals surface area contributed by atoms with Crippen LogP contribution in [0.3, 0.4) is 0 Å². The highest BCUT2D eigenvalue weighted by molar-refractivity contribution is 5.66. The number of nitrogens with zero attached hydrogens (tertiary/aromatic N) is 1. The van der Waals surface area contributed by atoms with Gasteiger partial charge in [-0.3, -0.25) is 9.78 Å². The predicted octanol–water partition coefficient (Wildman–Crippen LogP) is 3.35. The van der Waals surface area contributed by atoms with Crippen molar-refractivity contribution < 1.29 is 24.1 Å². The molecule has 1 N–H and O–H groups in total. The molecule has 1 saturated heterocycles. The minimum atomic E-state index is -0.755. The molecule has 1 aromatic heterocycles. The number of carboxylic acid groups (broad SMARTS) is 1. The Morgan fingerprint density at radius 1 is 1.48 bits per heavy atom. The van der Waals surface area contributed by atoms with Crippen molar-refractivity contribution in [3.05, 3.63) is 42.2 Å². The lowest BCUT2D eigenvalue weighted by Crippen LogP contribution is -2.42. The molecule has 1 fully saturated rings. The van der Waals surface area contributed by atoms with Crippen LogP contribution in [0.5, 0.6) is 0 Å². The number of carbonyl (C=O) groups is 1. The fourth-order valence-electron chi connectivity index (χ4n) is 2.97. The maximum atomic E-state index is 10.5. The summed E-state index contributed by atoms with van der Waals surface area (Å²) in [5.74, 6) is -0.603. The van der Waals surface area contributed by atoms with Crippen LogP contribution in [-0.2, 0) is 19.0 Å². The molecule has 138 valence electrons. The van der Waals surface area contributed by atoms with Crippen LogP contribution in [0.1, 0.15) is 44.4 Å². The number of unbranched alkanes of at least 4 members (excludes halogenated alkanes) is 1. The Balaban J connectivity index is 1.97. The molecule has 0 spiro atoms. The number of aliphatic carboxylic acids is 1. The van der Waals surface area contributed by atoms with Gasteiger partial charge < -0.3 is 19.3 Å². The van der Waals surface area contributed by atoms with Gasteiger partial charge >= 0.3 is 5.97 Å². The van der Waals surface area contributed by atoms with Crippen molar-refractivity contribution in [2.24, 2.45) is 5.92 Å². The number of rotatable bonds is 9. The lowest BCUT2D eigenvalue weighted by molar-refractivity contribution is -0.253. The van der Waals surface area contributed by atoms with Gasteiger partial charge in [0.2, 0.25) is 0 Å². The Hall–Kier alpha value is -1.76. The molecule has 0 amide bonds. The van der Waals surface area contributed by atoms with E-state index in [2.05, 4.69) is 11.1 Å². The SMILES string of the molecule is COC(c1ccccn1)[C@@H]1O[C@H](C)OC[C@@H]1C/C=C\CCCC(=O)O. The second-order valence-corrected chi connectivity index (χ2v) is 6.17. The number of ether oxygens (including phenoxy) is 3. The highest BCUT2D eigenvalue weighted by Crippen LogP contribution is 2.33. The summed E-state index contributed by atoms with van der Waals surface area (Å²) in [5.41, 5.74) is 0.847. The molecule has 0 bridgehead atoms. The Bertz CT molecular complexity index is 548. The molecule has 0 aromatic carbocycles. The third-order valence-corrected chi connectivity index (χ3v) is 4.26. The maximum absolute atomic E-state index is 10.5. The van der Waals surface area contributed by atoms with E-state index in [1.165, 1.54) is 0 Å². The number of carboxylic acids is 1. The van der Waals surface area contributed by atoms with Gasteiger partial charge in [-0.25, -0.2) is 0 Å². The summed E-state index contributed by atoms with van der Waals surface area (Å²) in [6, 6.07) is 5.76. The smallest absolute Gasteiger partial charge is 0.303 e. The fourth-order valence-corrected chi connectivity index (χ4v) is 2.97. The first-order valence-corrected chi connectivity index (χ1v) is 8.69. The lowest BCUT2D eigenvalue weighted by atomic mass is 9.92. The molecule has 1 aliphatic rings. The number of pyridine rings is 1. The average Bonchev–Trinajstić information content (AvgIpc) is 2.61. The minimum absolute atomic E-state index is 0.146. The van der Waals surface area contributed by atoms with Crippen LogP contribution in [0.25, 0.3) is 0 Å². The van der Waals surface area contributed by atoms with E-state index < -0.39 is 5.97 Å². The summed E-state index contributed by atoms with van der Waals surface area (Å²) in [6.07, 6.45) is 7.58. The predicted molar refractivity (Wildman–Crippen MR) is 93.0 cm³/mol. The molecule has 1 aliphatic heterocycles. The number of hydrogen-bond acceptors (Lipinski definition) is 5. The first-order valence-electron chi connectivity index (χ1n) is 8.69. The van der Waals surface area contributed by atoms with Crippen molar-refractivity contribution in [1.82, 2.24) is 4.98 Å². The Morgan fingerprint density at radius 2 is 2.32 bits per heavy atom. The summed E-state index contributed by atoms with van der Waals surface area (Å²) in [5, 5.41) is 8.65. The van der Waals surface area contributed by atoms with Crippen molar-refractivity contribution >= 4 is 5.97 Å². The van der Waals surface area contributed by atoms with Gasteiger partial charge in [0.05, 0.1) is 18.4 Å². The molecule has 25 heavy (non-hydrogen) atoms. The van der Waals surface area contributed by atoms with Gasteiger partial charge in [0.25, 0.3) is 0 Å². The van der Waals surface area contributed by atoms with Crippen molar-refractivity contribution in [1.29, 1.82) is 0 Å². The number of hydrogen-bond donors (Lipinski definition) is 1. The minimum Gasteiger partial charge on any atom is -0.481 e. The van der Waals surface area contributed by atoms with Gasteiger partial charge in [-0.15, -0.1) is 0 Å². The van der Waals surface area contributed by atoms with Gasteiger partial charge in [-0.2, -0.15) is 0 Å². The maximum Gasteiger partial charge on any atom is 0.303 e. The first kappa shape index (κ1) is 19.6. The van der Waals surface area contributed by atoms with E-state index in [0.717, 1.165) is 18.5 Å². The average molecular weight is 349 g/mol.